The number of hydrogen-bond donors (Lipinski definition) is 0. The number of fused-ring (bicyclic) bond motifs is 1. The predicted octanol–water partition coefficient (Wildman–Crippen LogP) is 3.37. The van der Waals surface area contributed by atoms with Gasteiger partial charge >= 0.3 is 0 Å². The molecular weight excluding hydrogens is 196 g/mol. The SMILES string of the molecule is CC.CN1CCCc2cc(C3CC3)ncc21. The van der Waals surface area contributed by atoms with Crippen molar-refractivity contribution in [2.75, 3.05) is 18.5 Å². The molecule has 0 bridgehead atoms. The Morgan fingerprint density at radius 3 is 2.75 bits per heavy atom. The van der Waals surface area contributed by atoms with E-state index in [4.69, 9.17) is 0 Å². The summed E-state index contributed by atoms with van der Waals surface area (Å²) in [5.74, 6) is 0.785. The van der Waals surface area contributed by atoms with E-state index in [0.29, 0.717) is 0 Å². The maximum Gasteiger partial charge on any atom is 0.0582 e. The van der Waals surface area contributed by atoms with Crippen LogP contribution < -0.4 is 4.90 Å². The Balaban J connectivity index is 0.000000457. The fourth-order valence-electron chi connectivity index (χ4n) is 2.28. The Kier molecular flexibility index (Phi) is 3.47. The quantitative estimate of drug-likeness (QED) is 0.718. The standard InChI is InChI=1S/C12H16N2.C2H6/c1-14-6-2-3-10-7-11(9-4-5-9)13-8-12(10)14;1-2/h7-9H,2-6H2,1H3;1-2H3. The van der Waals surface area contributed by atoms with E-state index < -0.39 is 0 Å². The van der Waals surface area contributed by atoms with Crippen molar-refractivity contribution in [3.63, 3.8) is 0 Å². The van der Waals surface area contributed by atoms with Crippen molar-refractivity contribution in [2.45, 2.75) is 45.4 Å². The monoisotopic (exact) mass is 218 g/mol. The lowest BCUT2D eigenvalue weighted by Crippen LogP contribution is -2.24. The zero-order chi connectivity index (χ0) is 11.5. The summed E-state index contributed by atoms with van der Waals surface area (Å²) in [6, 6.07) is 2.34. The lowest BCUT2D eigenvalue weighted by Gasteiger charge is -2.27. The largest absolute Gasteiger partial charge is 0.373 e. The van der Waals surface area contributed by atoms with E-state index in [9.17, 15) is 0 Å². The van der Waals surface area contributed by atoms with Gasteiger partial charge in [-0.15, -0.1) is 0 Å². The Morgan fingerprint density at radius 1 is 1.31 bits per heavy atom. The van der Waals surface area contributed by atoms with Crippen LogP contribution in [-0.2, 0) is 6.42 Å². The molecule has 0 amide bonds. The molecule has 2 heteroatoms. The van der Waals surface area contributed by atoms with E-state index in [-0.39, 0.29) is 0 Å². The smallest absolute Gasteiger partial charge is 0.0582 e. The number of anilines is 1. The van der Waals surface area contributed by atoms with Crippen molar-refractivity contribution in [1.29, 1.82) is 0 Å². The molecule has 88 valence electrons. The third-order valence-corrected chi connectivity index (χ3v) is 3.33. The van der Waals surface area contributed by atoms with Gasteiger partial charge in [0.15, 0.2) is 0 Å². The highest BCUT2D eigenvalue weighted by molar-refractivity contribution is 5.54. The molecule has 2 heterocycles. The van der Waals surface area contributed by atoms with Crippen molar-refractivity contribution in [1.82, 2.24) is 4.98 Å². The van der Waals surface area contributed by atoms with Gasteiger partial charge in [0.1, 0.15) is 0 Å². The molecule has 1 aromatic rings. The molecule has 0 radical (unpaired) electrons. The normalized spacial score (nSPS) is 18.6. The predicted molar refractivity (Wildman–Crippen MR) is 69.2 cm³/mol. The average Bonchev–Trinajstić information content (AvgIpc) is 3.16. The van der Waals surface area contributed by atoms with Crippen LogP contribution in [0.2, 0.25) is 0 Å². The van der Waals surface area contributed by atoms with Crippen molar-refractivity contribution in [3.05, 3.63) is 23.5 Å². The van der Waals surface area contributed by atoms with Crippen molar-refractivity contribution < 1.29 is 0 Å². The minimum Gasteiger partial charge on any atom is -0.373 e. The summed E-state index contributed by atoms with van der Waals surface area (Å²) >= 11 is 0. The van der Waals surface area contributed by atoms with Crippen LogP contribution in [0.3, 0.4) is 0 Å². The van der Waals surface area contributed by atoms with Crippen LogP contribution in [0.15, 0.2) is 12.3 Å². The van der Waals surface area contributed by atoms with Crippen LogP contribution in [0, 0.1) is 0 Å². The van der Waals surface area contributed by atoms with E-state index in [1.54, 1.807) is 0 Å². The fraction of sp³-hybridized carbons (Fsp3) is 0.643. The fourth-order valence-corrected chi connectivity index (χ4v) is 2.28. The molecule has 0 unspecified atom stereocenters. The molecule has 2 aliphatic rings. The highest BCUT2D eigenvalue weighted by Crippen LogP contribution is 2.40. The summed E-state index contributed by atoms with van der Waals surface area (Å²) < 4.78 is 0. The minimum atomic E-state index is 0.785. The molecule has 0 N–H and O–H groups in total. The lowest BCUT2D eigenvalue weighted by atomic mass is 10.0. The second kappa shape index (κ2) is 4.86. The summed E-state index contributed by atoms with van der Waals surface area (Å²) in [6.07, 6.45) is 7.30. The van der Waals surface area contributed by atoms with Gasteiger partial charge in [-0.05, 0) is 37.3 Å². The summed E-state index contributed by atoms with van der Waals surface area (Å²) in [5, 5.41) is 0. The molecule has 1 fully saturated rings. The summed E-state index contributed by atoms with van der Waals surface area (Å²) in [6.45, 7) is 5.18. The van der Waals surface area contributed by atoms with Gasteiger partial charge in [0.25, 0.3) is 0 Å². The number of nitrogens with zero attached hydrogens (tertiary/aromatic N) is 2. The number of rotatable bonds is 1. The molecule has 3 rings (SSSR count). The molecule has 1 aliphatic carbocycles. The summed E-state index contributed by atoms with van der Waals surface area (Å²) in [7, 11) is 2.16. The first-order valence-corrected chi connectivity index (χ1v) is 6.54. The van der Waals surface area contributed by atoms with Crippen LogP contribution in [0.25, 0.3) is 0 Å². The molecule has 0 saturated heterocycles. The van der Waals surface area contributed by atoms with E-state index in [1.807, 2.05) is 13.8 Å². The Bertz CT molecular complexity index is 356. The van der Waals surface area contributed by atoms with E-state index in [2.05, 4.69) is 29.2 Å². The second-order valence-corrected chi connectivity index (χ2v) is 4.54. The highest BCUT2D eigenvalue weighted by Gasteiger charge is 2.26. The maximum atomic E-state index is 4.56. The van der Waals surface area contributed by atoms with E-state index in [1.165, 1.54) is 49.2 Å². The Morgan fingerprint density at radius 2 is 2.06 bits per heavy atom. The molecule has 0 spiro atoms. The number of aromatic nitrogens is 1. The summed E-state index contributed by atoms with van der Waals surface area (Å²) in [4.78, 5) is 6.88. The number of aryl methyl sites for hydroxylation is 1. The van der Waals surface area contributed by atoms with Gasteiger partial charge in [-0.25, -0.2) is 0 Å². The van der Waals surface area contributed by atoms with Crippen LogP contribution >= 0.6 is 0 Å². The number of hydrogen-bond acceptors (Lipinski definition) is 2. The average molecular weight is 218 g/mol. The Hall–Kier alpha value is -1.05. The number of pyridine rings is 1. The Labute approximate surface area is 98.7 Å². The molecule has 1 aliphatic heterocycles. The third-order valence-electron chi connectivity index (χ3n) is 3.33. The van der Waals surface area contributed by atoms with Gasteiger partial charge in [0.05, 0.1) is 11.9 Å². The molecule has 0 aromatic carbocycles. The van der Waals surface area contributed by atoms with Gasteiger partial charge in [0.2, 0.25) is 0 Å². The van der Waals surface area contributed by atoms with Crippen LogP contribution in [0.1, 0.15) is 50.3 Å². The first kappa shape index (κ1) is 11.4. The minimum absolute atomic E-state index is 0.785. The van der Waals surface area contributed by atoms with Gasteiger partial charge in [-0.1, -0.05) is 13.8 Å². The van der Waals surface area contributed by atoms with E-state index in [0.717, 1.165) is 5.92 Å². The van der Waals surface area contributed by atoms with Gasteiger partial charge in [0, 0.05) is 25.2 Å². The zero-order valence-electron chi connectivity index (χ0n) is 10.7. The van der Waals surface area contributed by atoms with Gasteiger partial charge < -0.3 is 4.90 Å². The molecule has 1 saturated carbocycles. The van der Waals surface area contributed by atoms with Gasteiger partial charge in [-0.2, -0.15) is 0 Å². The van der Waals surface area contributed by atoms with E-state index >= 15 is 0 Å². The van der Waals surface area contributed by atoms with Crippen LogP contribution in [0.5, 0.6) is 0 Å². The molecular formula is C14H22N2. The zero-order valence-corrected chi connectivity index (χ0v) is 10.7. The van der Waals surface area contributed by atoms with Crippen LogP contribution in [0.4, 0.5) is 5.69 Å². The summed E-state index contributed by atoms with van der Waals surface area (Å²) in [5.41, 5.74) is 4.19. The first-order valence-electron chi connectivity index (χ1n) is 6.54. The molecule has 0 atom stereocenters. The van der Waals surface area contributed by atoms with Crippen LogP contribution in [-0.4, -0.2) is 18.6 Å². The van der Waals surface area contributed by atoms with Crippen molar-refractivity contribution in [3.8, 4) is 0 Å². The molecule has 1 aromatic heterocycles. The molecule has 2 nitrogen and oxygen atoms in total. The first-order chi connectivity index (χ1) is 7.84. The van der Waals surface area contributed by atoms with Crippen molar-refractivity contribution >= 4 is 5.69 Å². The maximum absolute atomic E-state index is 4.56. The molecule has 16 heavy (non-hydrogen) atoms. The van der Waals surface area contributed by atoms with Crippen molar-refractivity contribution in [2.24, 2.45) is 0 Å². The lowest BCUT2D eigenvalue weighted by molar-refractivity contribution is 0.737. The second-order valence-electron chi connectivity index (χ2n) is 4.54. The third kappa shape index (κ3) is 2.21. The van der Waals surface area contributed by atoms with Gasteiger partial charge in [-0.3, -0.25) is 4.98 Å². The topological polar surface area (TPSA) is 16.1 Å². The highest BCUT2D eigenvalue weighted by atomic mass is 15.1.